The van der Waals surface area contributed by atoms with Crippen LogP contribution in [0.25, 0.3) is 83.5 Å². The molecule has 77 heavy (non-hydrogen) atoms. The Morgan fingerprint density at radius 3 is 1.13 bits per heavy atom. The van der Waals surface area contributed by atoms with Gasteiger partial charge in [0.2, 0.25) is 0 Å². The normalized spacial score (nSPS) is 13.0. The van der Waals surface area contributed by atoms with E-state index < -0.39 is 0 Å². The summed E-state index contributed by atoms with van der Waals surface area (Å²) in [6.07, 6.45) is 5.68. The van der Waals surface area contributed by atoms with Crippen LogP contribution in [0.4, 0.5) is 34.1 Å². The standard InChI is InChI=1S/C73H54N4/c1-51-26-45-71-67(48-51)69-50-65(44-47-73(69)77(71)59-22-12-5-13-23-59)75(61-37-29-55(30-38-61)53-18-8-3-9-19-53)63-41-33-57(34-42-63)56-31-39-62(40-32-56)74(60-35-27-54(28-36-60)52-16-6-2-7-17-52)64-43-46-72-68(49-64)66-24-14-15-25-70(66)76(72)58-20-10-4-11-21-58/h2-47,49-51H,48H2,1H3. The summed E-state index contributed by atoms with van der Waals surface area (Å²) in [5.74, 6) is 0.461. The maximum absolute atomic E-state index is 2.43. The zero-order chi connectivity index (χ0) is 51.2. The third-order valence-electron chi connectivity index (χ3n) is 15.5. The van der Waals surface area contributed by atoms with Gasteiger partial charge in [0.15, 0.2) is 0 Å². The van der Waals surface area contributed by atoms with Gasteiger partial charge in [-0.3, -0.25) is 0 Å². The lowest BCUT2D eigenvalue weighted by Gasteiger charge is -2.27. The van der Waals surface area contributed by atoms with Crippen LogP contribution in [-0.4, -0.2) is 9.13 Å². The summed E-state index contributed by atoms with van der Waals surface area (Å²) in [6.45, 7) is 2.32. The molecule has 4 nitrogen and oxygen atoms in total. The summed E-state index contributed by atoms with van der Waals surface area (Å²) in [4.78, 5) is 4.79. The highest BCUT2D eigenvalue weighted by molar-refractivity contribution is 6.11. The Morgan fingerprint density at radius 2 is 0.662 bits per heavy atom. The van der Waals surface area contributed by atoms with Crippen molar-refractivity contribution in [2.24, 2.45) is 5.92 Å². The van der Waals surface area contributed by atoms with Crippen LogP contribution < -0.4 is 9.80 Å². The second-order valence-corrected chi connectivity index (χ2v) is 20.3. The highest BCUT2D eigenvalue weighted by atomic mass is 15.1. The molecule has 1 aliphatic rings. The monoisotopic (exact) mass is 986 g/mol. The van der Waals surface area contributed by atoms with Gasteiger partial charge in [-0.15, -0.1) is 0 Å². The molecule has 2 heterocycles. The van der Waals surface area contributed by atoms with E-state index in [1.807, 2.05) is 0 Å². The zero-order valence-corrected chi connectivity index (χ0v) is 42.8. The average Bonchev–Trinajstić information content (AvgIpc) is 4.12. The van der Waals surface area contributed by atoms with Crippen molar-refractivity contribution in [2.45, 2.75) is 13.3 Å². The molecule has 14 rings (SSSR count). The lowest BCUT2D eigenvalue weighted by Crippen LogP contribution is -2.10. The van der Waals surface area contributed by atoms with Crippen molar-refractivity contribution in [1.82, 2.24) is 9.13 Å². The molecule has 0 bridgehead atoms. The predicted octanol–water partition coefficient (Wildman–Crippen LogP) is 19.9. The fourth-order valence-electron chi connectivity index (χ4n) is 11.7. The number of rotatable bonds is 11. The Labute approximate surface area is 449 Å². The van der Waals surface area contributed by atoms with E-state index in [4.69, 9.17) is 0 Å². The number of aromatic nitrogens is 2. The summed E-state index contributed by atoms with van der Waals surface area (Å²) < 4.78 is 4.81. The number of fused-ring (bicyclic) bond motifs is 6. The first-order valence-corrected chi connectivity index (χ1v) is 26.7. The van der Waals surface area contributed by atoms with Crippen LogP contribution in [0, 0.1) is 5.92 Å². The van der Waals surface area contributed by atoms with Gasteiger partial charge in [0.05, 0.1) is 16.6 Å². The second-order valence-electron chi connectivity index (χ2n) is 20.3. The van der Waals surface area contributed by atoms with Gasteiger partial charge >= 0.3 is 0 Å². The molecular formula is C73H54N4. The number of nitrogens with zero attached hydrogens (tertiary/aromatic N) is 4. The largest absolute Gasteiger partial charge is 0.310 e. The molecule has 11 aromatic carbocycles. The van der Waals surface area contributed by atoms with E-state index in [2.05, 4.69) is 317 Å². The van der Waals surface area contributed by atoms with Gasteiger partial charge in [-0.05, 0) is 173 Å². The number of hydrogen-bond donors (Lipinski definition) is 0. The van der Waals surface area contributed by atoms with Gasteiger partial charge in [-0.2, -0.15) is 0 Å². The first-order valence-electron chi connectivity index (χ1n) is 26.7. The van der Waals surface area contributed by atoms with Crippen molar-refractivity contribution >= 4 is 72.9 Å². The molecular weight excluding hydrogens is 933 g/mol. The summed E-state index contributed by atoms with van der Waals surface area (Å²) in [5.41, 5.74) is 22.3. The first kappa shape index (κ1) is 45.7. The molecule has 2 aromatic heterocycles. The molecule has 0 fully saturated rings. The predicted molar refractivity (Wildman–Crippen MR) is 325 cm³/mol. The van der Waals surface area contributed by atoms with Crippen LogP contribution >= 0.6 is 0 Å². The molecule has 0 aliphatic heterocycles. The maximum Gasteiger partial charge on any atom is 0.0542 e. The van der Waals surface area contributed by atoms with E-state index in [0.29, 0.717) is 5.92 Å². The van der Waals surface area contributed by atoms with E-state index in [0.717, 1.165) is 57.4 Å². The third kappa shape index (κ3) is 8.37. The Bertz CT molecular complexity index is 4250. The maximum atomic E-state index is 2.43. The summed E-state index contributed by atoms with van der Waals surface area (Å²) in [5, 5.41) is 3.73. The van der Waals surface area contributed by atoms with E-state index in [-0.39, 0.29) is 0 Å². The minimum Gasteiger partial charge on any atom is -0.310 e. The average molecular weight is 987 g/mol. The topological polar surface area (TPSA) is 16.3 Å². The van der Waals surface area contributed by atoms with Crippen molar-refractivity contribution in [3.05, 3.63) is 296 Å². The van der Waals surface area contributed by atoms with Crippen LogP contribution in [-0.2, 0) is 6.42 Å². The fourth-order valence-corrected chi connectivity index (χ4v) is 11.7. The van der Waals surface area contributed by atoms with Crippen molar-refractivity contribution in [3.63, 3.8) is 0 Å². The molecule has 13 aromatic rings. The van der Waals surface area contributed by atoms with Crippen LogP contribution in [0.15, 0.2) is 285 Å². The Balaban J connectivity index is 0.841. The molecule has 0 N–H and O–H groups in total. The van der Waals surface area contributed by atoms with Gasteiger partial charge in [0.1, 0.15) is 0 Å². The van der Waals surface area contributed by atoms with Crippen molar-refractivity contribution in [3.8, 4) is 44.8 Å². The van der Waals surface area contributed by atoms with E-state index in [1.165, 1.54) is 71.9 Å². The quantitative estimate of drug-likeness (QED) is 0.128. The highest BCUT2D eigenvalue weighted by Crippen LogP contribution is 2.44. The SMILES string of the molecule is CC1C=Cc2c(c3cc(N(c4ccc(-c5ccccc5)cc4)c4ccc(-c5ccc(N(c6ccc(-c7ccccc7)cc6)c6ccc7c(c6)c6ccccc6n7-c6ccccc6)cc5)cc4)ccc3n2-c2ccccc2)C1. The van der Waals surface area contributed by atoms with Crippen LogP contribution in [0.3, 0.4) is 0 Å². The van der Waals surface area contributed by atoms with Crippen LogP contribution in [0.5, 0.6) is 0 Å². The summed E-state index contributed by atoms with van der Waals surface area (Å²) in [6, 6.07) is 101. The molecule has 0 saturated heterocycles. The third-order valence-corrected chi connectivity index (χ3v) is 15.5. The van der Waals surface area contributed by atoms with Crippen LogP contribution in [0.1, 0.15) is 18.2 Å². The van der Waals surface area contributed by atoms with E-state index >= 15 is 0 Å². The van der Waals surface area contributed by atoms with Crippen LogP contribution in [0.2, 0.25) is 0 Å². The Hall–Kier alpha value is -9.90. The molecule has 0 radical (unpaired) electrons. The second kappa shape index (κ2) is 19.4. The molecule has 0 spiro atoms. The lowest BCUT2D eigenvalue weighted by molar-refractivity contribution is 0.718. The van der Waals surface area contributed by atoms with Crippen molar-refractivity contribution in [2.75, 3.05) is 9.80 Å². The molecule has 1 atom stereocenters. The fraction of sp³-hybridized carbons (Fsp3) is 0.0411. The van der Waals surface area contributed by atoms with E-state index in [9.17, 15) is 0 Å². The van der Waals surface area contributed by atoms with Crippen molar-refractivity contribution < 1.29 is 0 Å². The highest BCUT2D eigenvalue weighted by Gasteiger charge is 2.24. The molecule has 1 aliphatic carbocycles. The molecule has 0 amide bonds. The number of hydrogen-bond acceptors (Lipinski definition) is 2. The minimum atomic E-state index is 0.461. The molecule has 1 unspecified atom stereocenters. The van der Waals surface area contributed by atoms with Gasteiger partial charge in [-0.1, -0.05) is 177 Å². The van der Waals surface area contributed by atoms with Gasteiger partial charge in [0.25, 0.3) is 0 Å². The Morgan fingerprint density at radius 1 is 0.312 bits per heavy atom. The molecule has 0 saturated carbocycles. The molecule has 4 heteroatoms. The van der Waals surface area contributed by atoms with Gasteiger partial charge < -0.3 is 18.9 Å². The van der Waals surface area contributed by atoms with Gasteiger partial charge in [-0.25, -0.2) is 0 Å². The minimum absolute atomic E-state index is 0.461. The molecule has 366 valence electrons. The van der Waals surface area contributed by atoms with E-state index in [1.54, 1.807) is 0 Å². The first-order chi connectivity index (χ1) is 38.1. The Kier molecular flexibility index (Phi) is 11.5. The summed E-state index contributed by atoms with van der Waals surface area (Å²) in [7, 11) is 0. The zero-order valence-electron chi connectivity index (χ0n) is 42.8. The lowest BCUT2D eigenvalue weighted by atomic mass is 9.93. The summed E-state index contributed by atoms with van der Waals surface area (Å²) >= 11 is 0. The van der Waals surface area contributed by atoms with Gasteiger partial charge in [0, 0.05) is 67.4 Å². The van der Waals surface area contributed by atoms with Crippen molar-refractivity contribution in [1.29, 1.82) is 0 Å². The number of anilines is 6. The number of para-hydroxylation sites is 3. The number of allylic oxidation sites excluding steroid dienone is 1. The smallest absolute Gasteiger partial charge is 0.0542 e. The number of benzene rings is 11.